The monoisotopic (exact) mass is 406 g/mol. The number of hydrogen-bond donors (Lipinski definition) is 1. The number of ether oxygens (including phenoxy) is 6. The molecular weight excluding hydrogens is 376 g/mol. The van der Waals surface area contributed by atoms with Gasteiger partial charge in [0.2, 0.25) is 0 Å². The maximum absolute atomic E-state index is 11.6. The van der Waals surface area contributed by atoms with E-state index in [0.29, 0.717) is 52.0 Å². The van der Waals surface area contributed by atoms with Crippen LogP contribution in [0.4, 0.5) is 0 Å². The maximum atomic E-state index is 11.6. The fourth-order valence-corrected chi connectivity index (χ4v) is 3.65. The Hall–Kier alpha value is -2.80. The highest BCUT2D eigenvalue weighted by molar-refractivity contribution is 5.64. The lowest BCUT2D eigenvalue weighted by molar-refractivity contribution is 0.202. The van der Waals surface area contributed by atoms with E-state index in [-0.39, 0.29) is 0 Å². The first-order valence-corrected chi connectivity index (χ1v) is 9.23. The molecule has 0 saturated heterocycles. The molecule has 1 atom stereocenters. The SMILES string of the molecule is CCc1c(OC)cc(OC)c(OC)c1C(O)c1c(C)c(OC)cc(OC)c1OC. The van der Waals surface area contributed by atoms with E-state index in [1.165, 1.54) is 21.3 Å². The third-order valence-corrected chi connectivity index (χ3v) is 5.05. The Kier molecular flexibility index (Phi) is 7.45. The van der Waals surface area contributed by atoms with Gasteiger partial charge in [0, 0.05) is 34.4 Å². The molecule has 7 heteroatoms. The van der Waals surface area contributed by atoms with E-state index in [0.717, 1.165) is 11.1 Å². The third kappa shape index (κ3) is 3.87. The summed E-state index contributed by atoms with van der Waals surface area (Å²) in [5, 5.41) is 11.6. The normalized spacial score (nSPS) is 11.6. The number of aliphatic hydroxyl groups excluding tert-OH is 1. The molecule has 0 saturated carbocycles. The molecule has 0 aliphatic heterocycles. The van der Waals surface area contributed by atoms with E-state index in [9.17, 15) is 5.11 Å². The van der Waals surface area contributed by atoms with Gasteiger partial charge in [0.25, 0.3) is 0 Å². The van der Waals surface area contributed by atoms with E-state index in [4.69, 9.17) is 28.4 Å². The molecule has 0 radical (unpaired) electrons. The second kappa shape index (κ2) is 9.60. The molecule has 160 valence electrons. The van der Waals surface area contributed by atoms with Crippen molar-refractivity contribution in [1.29, 1.82) is 0 Å². The topological polar surface area (TPSA) is 75.6 Å². The first kappa shape index (κ1) is 22.5. The molecule has 0 heterocycles. The summed E-state index contributed by atoms with van der Waals surface area (Å²) in [4.78, 5) is 0. The van der Waals surface area contributed by atoms with E-state index in [1.807, 2.05) is 13.8 Å². The maximum Gasteiger partial charge on any atom is 0.167 e. The third-order valence-electron chi connectivity index (χ3n) is 5.05. The zero-order chi connectivity index (χ0) is 21.7. The van der Waals surface area contributed by atoms with Crippen molar-refractivity contribution in [1.82, 2.24) is 0 Å². The molecule has 0 fully saturated rings. The van der Waals surface area contributed by atoms with Crippen molar-refractivity contribution in [3.63, 3.8) is 0 Å². The van der Waals surface area contributed by atoms with Gasteiger partial charge in [0.05, 0.1) is 42.7 Å². The Morgan fingerprint density at radius 1 is 0.690 bits per heavy atom. The van der Waals surface area contributed by atoms with Crippen molar-refractivity contribution in [2.45, 2.75) is 26.4 Å². The van der Waals surface area contributed by atoms with E-state index >= 15 is 0 Å². The zero-order valence-corrected chi connectivity index (χ0v) is 18.3. The van der Waals surface area contributed by atoms with Gasteiger partial charge in [-0.05, 0) is 13.3 Å². The van der Waals surface area contributed by atoms with Crippen molar-refractivity contribution in [3.05, 3.63) is 34.4 Å². The molecule has 1 N–H and O–H groups in total. The van der Waals surface area contributed by atoms with Crippen molar-refractivity contribution in [2.75, 3.05) is 42.7 Å². The lowest BCUT2D eigenvalue weighted by atomic mass is 9.90. The molecule has 1 unspecified atom stereocenters. The molecule has 0 amide bonds. The summed E-state index contributed by atoms with van der Waals surface area (Å²) < 4.78 is 33.2. The summed E-state index contributed by atoms with van der Waals surface area (Å²) in [6, 6.07) is 3.48. The van der Waals surface area contributed by atoms with E-state index < -0.39 is 6.10 Å². The average Bonchev–Trinajstić information content (AvgIpc) is 2.76. The quantitative estimate of drug-likeness (QED) is 0.681. The second-order valence-corrected chi connectivity index (χ2v) is 6.32. The van der Waals surface area contributed by atoms with Gasteiger partial charge in [0.1, 0.15) is 17.6 Å². The van der Waals surface area contributed by atoms with Crippen LogP contribution < -0.4 is 28.4 Å². The van der Waals surface area contributed by atoms with Crippen molar-refractivity contribution in [2.24, 2.45) is 0 Å². The van der Waals surface area contributed by atoms with Crippen LogP contribution >= 0.6 is 0 Å². The summed E-state index contributed by atoms with van der Waals surface area (Å²) >= 11 is 0. The Balaban J connectivity index is 2.93. The van der Waals surface area contributed by atoms with Crippen LogP contribution in [0.3, 0.4) is 0 Å². The number of rotatable bonds is 9. The molecule has 0 aliphatic rings. The standard InChI is InChI=1S/C22H30O7/c1-9-13-15(25-4)11-17(27-6)22(29-8)19(13)20(23)18-12(2)14(24-3)10-16(26-5)21(18)28-7/h10-11,20,23H,9H2,1-8H3. The molecular formula is C22H30O7. The van der Waals surface area contributed by atoms with Gasteiger partial charge in [-0.15, -0.1) is 0 Å². The minimum atomic E-state index is -1.11. The van der Waals surface area contributed by atoms with Crippen LogP contribution in [0, 0.1) is 6.92 Å². The lowest BCUT2D eigenvalue weighted by Crippen LogP contribution is -2.12. The second-order valence-electron chi connectivity index (χ2n) is 6.32. The Morgan fingerprint density at radius 3 is 1.55 bits per heavy atom. The van der Waals surface area contributed by atoms with Gasteiger partial charge in [-0.25, -0.2) is 0 Å². The molecule has 0 bridgehead atoms. The summed E-state index contributed by atoms with van der Waals surface area (Å²) in [6.45, 7) is 3.84. The molecule has 0 spiro atoms. The minimum Gasteiger partial charge on any atom is -0.496 e. The summed E-state index contributed by atoms with van der Waals surface area (Å²) in [7, 11) is 9.29. The van der Waals surface area contributed by atoms with Crippen LogP contribution in [0.1, 0.15) is 35.3 Å². The van der Waals surface area contributed by atoms with Gasteiger partial charge in [-0.1, -0.05) is 6.92 Å². The number of methoxy groups -OCH3 is 6. The highest BCUT2D eigenvalue weighted by atomic mass is 16.5. The summed E-state index contributed by atoms with van der Waals surface area (Å²) in [5.74, 6) is 2.94. The van der Waals surface area contributed by atoms with Gasteiger partial charge >= 0.3 is 0 Å². The van der Waals surface area contributed by atoms with Gasteiger partial charge in [-0.3, -0.25) is 0 Å². The Bertz CT molecular complexity index is 831. The van der Waals surface area contributed by atoms with Crippen LogP contribution in [-0.4, -0.2) is 47.8 Å². The fraction of sp³-hybridized carbons (Fsp3) is 0.455. The summed E-state index contributed by atoms with van der Waals surface area (Å²) in [6.07, 6.45) is -0.499. The smallest absolute Gasteiger partial charge is 0.167 e. The molecule has 2 rings (SSSR count). The van der Waals surface area contributed by atoms with Crippen molar-refractivity contribution in [3.8, 4) is 34.5 Å². The number of benzene rings is 2. The highest BCUT2D eigenvalue weighted by Crippen LogP contribution is 2.49. The average molecular weight is 406 g/mol. The molecule has 29 heavy (non-hydrogen) atoms. The molecule has 2 aromatic rings. The Labute approximate surface area is 172 Å². The van der Waals surface area contributed by atoms with E-state index in [2.05, 4.69) is 0 Å². The van der Waals surface area contributed by atoms with Crippen LogP contribution in [0.25, 0.3) is 0 Å². The van der Waals surface area contributed by atoms with Crippen molar-refractivity contribution >= 4 is 0 Å². The number of hydrogen-bond acceptors (Lipinski definition) is 7. The van der Waals surface area contributed by atoms with Crippen LogP contribution in [0.5, 0.6) is 34.5 Å². The van der Waals surface area contributed by atoms with Crippen molar-refractivity contribution < 1.29 is 33.5 Å². The predicted molar refractivity (Wildman–Crippen MR) is 110 cm³/mol. The van der Waals surface area contributed by atoms with E-state index in [1.54, 1.807) is 33.5 Å². The Morgan fingerprint density at radius 2 is 1.14 bits per heavy atom. The largest absolute Gasteiger partial charge is 0.496 e. The first-order chi connectivity index (χ1) is 13.9. The molecule has 0 aromatic heterocycles. The fourth-order valence-electron chi connectivity index (χ4n) is 3.65. The lowest BCUT2D eigenvalue weighted by Gasteiger charge is -2.26. The van der Waals surface area contributed by atoms with Crippen LogP contribution in [0.15, 0.2) is 12.1 Å². The minimum absolute atomic E-state index is 0.421. The molecule has 0 aliphatic carbocycles. The van der Waals surface area contributed by atoms with Gasteiger partial charge < -0.3 is 33.5 Å². The van der Waals surface area contributed by atoms with Gasteiger partial charge in [-0.2, -0.15) is 0 Å². The zero-order valence-electron chi connectivity index (χ0n) is 18.3. The van der Waals surface area contributed by atoms with Crippen LogP contribution in [-0.2, 0) is 6.42 Å². The highest BCUT2D eigenvalue weighted by Gasteiger charge is 2.31. The molecule has 2 aromatic carbocycles. The van der Waals surface area contributed by atoms with Crippen LogP contribution in [0.2, 0.25) is 0 Å². The molecule has 7 nitrogen and oxygen atoms in total. The summed E-state index contributed by atoms with van der Waals surface area (Å²) in [5.41, 5.74) is 2.60. The first-order valence-electron chi connectivity index (χ1n) is 9.23. The number of aliphatic hydroxyl groups is 1. The predicted octanol–water partition coefficient (Wildman–Crippen LogP) is 3.69. The van der Waals surface area contributed by atoms with Gasteiger partial charge in [0.15, 0.2) is 23.0 Å².